The zero-order chi connectivity index (χ0) is 75.4. The highest BCUT2D eigenvalue weighted by molar-refractivity contribution is 6.32. The maximum atomic E-state index is 14.0. The second-order valence-corrected chi connectivity index (χ2v) is 27.7. The van der Waals surface area contributed by atoms with Crippen LogP contribution in [0.4, 0.5) is 0 Å². The molecule has 0 aromatic heterocycles. The molecular weight excluding hydrogens is 1320 g/mol. The number of ether oxygens (including phenoxy) is 1. The molecule has 0 bridgehead atoms. The van der Waals surface area contributed by atoms with E-state index in [-0.39, 0.29) is 86.1 Å². The van der Waals surface area contributed by atoms with Crippen molar-refractivity contribution >= 4 is 70.8 Å². The van der Waals surface area contributed by atoms with Crippen molar-refractivity contribution < 1.29 is 67.4 Å². The Balaban J connectivity index is 0.000000371. The number of hydrogen-bond donors (Lipinski definition) is 11. The molecular formula is C77H110N12O14. The summed E-state index contributed by atoms with van der Waals surface area (Å²) in [6.07, 6.45) is 6.44. The molecule has 0 radical (unpaired) electrons. The van der Waals surface area contributed by atoms with Crippen LogP contribution in [-0.4, -0.2) is 180 Å². The van der Waals surface area contributed by atoms with Gasteiger partial charge in [-0.25, -0.2) is 9.59 Å². The normalized spacial score (nSPS) is 15.6. The number of esters is 1. The van der Waals surface area contributed by atoms with Gasteiger partial charge in [-0.2, -0.15) is 0 Å². The van der Waals surface area contributed by atoms with Gasteiger partial charge in [-0.15, -0.1) is 0 Å². The van der Waals surface area contributed by atoms with Crippen molar-refractivity contribution in [2.24, 2.45) is 46.6 Å². The Hall–Kier alpha value is -9.24. The first-order valence-corrected chi connectivity index (χ1v) is 36.1. The Kier molecular flexibility index (Phi) is 36.9. The predicted molar refractivity (Wildman–Crippen MR) is 390 cm³/mol. The van der Waals surface area contributed by atoms with Gasteiger partial charge in [-0.05, 0) is 150 Å². The summed E-state index contributed by atoms with van der Waals surface area (Å²) in [5.74, 6) is -8.71. The molecule has 8 atom stereocenters. The van der Waals surface area contributed by atoms with Crippen LogP contribution in [0.2, 0.25) is 0 Å². The van der Waals surface area contributed by atoms with Gasteiger partial charge in [0.15, 0.2) is 11.6 Å². The molecule has 2 fully saturated rings. The van der Waals surface area contributed by atoms with Crippen molar-refractivity contribution in [2.75, 3.05) is 46.4 Å². The van der Waals surface area contributed by atoms with E-state index in [1.165, 1.54) is 0 Å². The molecule has 103 heavy (non-hydrogen) atoms. The second-order valence-electron chi connectivity index (χ2n) is 27.7. The molecule has 26 nitrogen and oxygen atoms in total. The van der Waals surface area contributed by atoms with Gasteiger partial charge in [0.05, 0.1) is 31.3 Å². The number of carboxylic acid groups (broad SMARTS) is 1. The van der Waals surface area contributed by atoms with E-state index in [2.05, 4.69) is 36.6 Å². The smallest absolute Gasteiger partial charge is 0.396 e. The van der Waals surface area contributed by atoms with Crippen molar-refractivity contribution in [3.63, 3.8) is 0 Å². The summed E-state index contributed by atoms with van der Waals surface area (Å²) < 4.78 is 4.47. The molecule has 26 heteroatoms. The average molecular weight is 1430 g/mol. The number of amides is 8. The van der Waals surface area contributed by atoms with Gasteiger partial charge in [0.25, 0.3) is 0 Å². The molecule has 2 aliphatic rings. The number of nitrogens with two attached hydrogens (primary N) is 4. The molecule has 4 aromatic rings. The van der Waals surface area contributed by atoms with E-state index in [1.54, 1.807) is 9.80 Å². The van der Waals surface area contributed by atoms with E-state index in [0.717, 1.165) is 29.4 Å². The van der Waals surface area contributed by atoms with Crippen LogP contribution in [0.5, 0.6) is 0 Å². The molecule has 2 saturated heterocycles. The number of methoxy groups -OCH3 is 1. The van der Waals surface area contributed by atoms with Crippen LogP contribution in [0.15, 0.2) is 121 Å². The van der Waals surface area contributed by atoms with Crippen LogP contribution in [0.1, 0.15) is 140 Å². The van der Waals surface area contributed by atoms with Crippen LogP contribution in [0.3, 0.4) is 0 Å². The zero-order valence-electron chi connectivity index (χ0n) is 60.4. The summed E-state index contributed by atoms with van der Waals surface area (Å²) in [5.41, 5.74) is 27.5. The maximum Gasteiger partial charge on any atom is 0.396 e. The molecule has 562 valence electrons. The number of benzene rings is 4. The first kappa shape index (κ1) is 84.4. The van der Waals surface area contributed by atoms with Crippen LogP contribution in [0, 0.1) is 23.7 Å². The number of nitrogens with zero attached hydrogens (tertiary/aromatic N) is 2. The molecule has 0 saturated carbocycles. The van der Waals surface area contributed by atoms with E-state index in [9.17, 15) is 57.5 Å². The van der Waals surface area contributed by atoms with Crippen molar-refractivity contribution in [3.05, 3.63) is 144 Å². The highest BCUT2D eigenvalue weighted by atomic mass is 16.5. The van der Waals surface area contributed by atoms with E-state index in [1.807, 2.05) is 149 Å². The Morgan fingerprint density at radius 3 is 1.06 bits per heavy atom. The Morgan fingerprint density at radius 1 is 0.447 bits per heavy atom. The minimum atomic E-state index is -1.56. The van der Waals surface area contributed by atoms with E-state index in [4.69, 9.17) is 28.0 Å². The van der Waals surface area contributed by atoms with Crippen LogP contribution in [0.25, 0.3) is 0 Å². The van der Waals surface area contributed by atoms with Crippen molar-refractivity contribution in [1.29, 1.82) is 0 Å². The lowest BCUT2D eigenvalue weighted by Crippen LogP contribution is -2.54. The summed E-state index contributed by atoms with van der Waals surface area (Å²) >= 11 is 0. The topological polar surface area (TPSA) is 417 Å². The zero-order valence-corrected chi connectivity index (χ0v) is 60.4. The lowest BCUT2D eigenvalue weighted by atomic mass is 9.88. The SMILES string of the molecule is CC(C)C[C@@H](CC(=O)[C@@H](Cc1ccccc1)NC(=O)[C@H](N)Cc1ccccc1)C(=O)N[C@H](CCCCN)C(=O)N1CCC(NC(=O)C(=O)O)CC1.COC(=O)C(=O)NC1CCN(C(=O)[C@@H](CCCCN)NC(=O)[C@H](CC(=O)[C@@H](Cc2ccccc2)NC(=O)[C@H](N)Cc2ccccc2)CC(C)C)CC1. The number of nitrogens with one attached hydrogen (secondary N) is 6. The minimum absolute atomic E-state index is 0.0569. The summed E-state index contributed by atoms with van der Waals surface area (Å²) in [6.45, 7) is 9.92. The maximum absolute atomic E-state index is 14.0. The van der Waals surface area contributed by atoms with Gasteiger partial charge in [0.1, 0.15) is 12.1 Å². The average Bonchev–Trinajstić information content (AvgIpc) is 0.852. The molecule has 15 N–H and O–H groups in total. The summed E-state index contributed by atoms with van der Waals surface area (Å²) in [4.78, 5) is 159. The third-order valence-electron chi connectivity index (χ3n) is 18.4. The number of Topliss-reactive ketones (excluding diaryl/α,β-unsaturated/α-hetero) is 2. The number of hydrogen-bond acceptors (Lipinski definition) is 17. The van der Waals surface area contributed by atoms with Gasteiger partial charge in [0.2, 0.25) is 35.4 Å². The minimum Gasteiger partial charge on any atom is -0.474 e. The number of carboxylic acids is 1. The fraction of sp³-hybridized carbons (Fsp3) is 0.532. The predicted octanol–water partition coefficient (Wildman–Crippen LogP) is 3.51. The first-order valence-electron chi connectivity index (χ1n) is 36.1. The van der Waals surface area contributed by atoms with Gasteiger partial charge >= 0.3 is 23.8 Å². The highest BCUT2D eigenvalue weighted by Crippen LogP contribution is 2.24. The lowest BCUT2D eigenvalue weighted by Gasteiger charge is -2.35. The molecule has 0 spiro atoms. The molecule has 2 heterocycles. The number of carbonyl (C=O) groups excluding carboxylic acids is 11. The Morgan fingerprint density at radius 2 is 0.757 bits per heavy atom. The van der Waals surface area contributed by atoms with Gasteiger partial charge in [-0.3, -0.25) is 47.9 Å². The Labute approximate surface area is 605 Å². The van der Waals surface area contributed by atoms with Crippen molar-refractivity contribution in [1.82, 2.24) is 41.7 Å². The van der Waals surface area contributed by atoms with Gasteiger partial charge in [0, 0.05) is 62.9 Å². The number of aliphatic carboxylic acids is 1. The summed E-state index contributed by atoms with van der Waals surface area (Å²) in [7, 11) is 1.13. The number of rotatable bonds is 38. The number of likely N-dealkylation sites (tertiary alicyclic amines) is 2. The highest BCUT2D eigenvalue weighted by Gasteiger charge is 2.37. The quantitative estimate of drug-likeness (QED) is 0.0174. The summed E-state index contributed by atoms with van der Waals surface area (Å²) in [5, 5.41) is 25.6. The van der Waals surface area contributed by atoms with E-state index < -0.39 is 95.5 Å². The number of carbonyl (C=O) groups is 12. The first-order chi connectivity index (χ1) is 49.3. The molecule has 0 aliphatic carbocycles. The molecule has 6 rings (SSSR count). The van der Waals surface area contributed by atoms with E-state index >= 15 is 0 Å². The van der Waals surface area contributed by atoms with Gasteiger partial charge in [-0.1, -0.05) is 149 Å². The van der Waals surface area contributed by atoms with Gasteiger partial charge < -0.3 is 74.5 Å². The summed E-state index contributed by atoms with van der Waals surface area (Å²) in [6, 6.07) is 31.5. The number of piperidine rings is 2. The number of ketones is 2. The third kappa shape index (κ3) is 30.3. The standard InChI is InChI=1S/C39H56N6O7.C38H54N6O7/c1-26(2)22-29(25-34(46)33(24-28-14-8-5-9-15-28)44-36(48)31(41)23-27-12-6-4-7-13-27)35(47)43-32(16-10-11-19-40)38(50)45-20-17-30(18-21-45)42-37(49)39(51)52-3;1-25(2)21-28(34(46)42-31(15-9-10-18-39)37(49)44-19-16-29(17-20-44)41-36(48)38(50)51)24-33(45)32(23-27-13-7-4-8-14-27)43-35(47)30(40)22-26-11-5-3-6-12-26/h4-9,12-15,26,29-33H,10-11,16-25,40-41H2,1-3H3,(H,42,49)(H,43,47)(H,44,48);3-8,11-14,25,28-32H,9-10,15-24,39-40H2,1-2H3,(H,41,48)(H,42,46)(H,43,47)(H,50,51)/t29-,31+,32+,33+;28-,30+,31+,32+/m00/s1. The molecule has 8 amide bonds. The van der Waals surface area contributed by atoms with Crippen molar-refractivity contribution in [3.8, 4) is 0 Å². The molecule has 2 aliphatic heterocycles. The van der Waals surface area contributed by atoms with Crippen LogP contribution in [-0.2, 0) is 88.0 Å². The molecule has 4 aromatic carbocycles. The van der Waals surface area contributed by atoms with Crippen LogP contribution >= 0.6 is 0 Å². The fourth-order valence-electron chi connectivity index (χ4n) is 12.7. The van der Waals surface area contributed by atoms with Crippen molar-refractivity contribution in [2.45, 2.75) is 192 Å². The second kappa shape index (κ2) is 45.0. The largest absolute Gasteiger partial charge is 0.474 e. The molecule has 0 unspecified atom stereocenters. The van der Waals surface area contributed by atoms with E-state index in [0.29, 0.717) is 116 Å². The Bertz CT molecular complexity index is 3350. The lowest BCUT2D eigenvalue weighted by molar-refractivity contribution is -0.153. The monoisotopic (exact) mass is 1430 g/mol. The third-order valence-corrected chi connectivity index (χ3v) is 18.4. The van der Waals surface area contributed by atoms with Crippen LogP contribution < -0.4 is 54.8 Å². The number of unbranched alkanes of at least 4 members (excludes halogenated alkanes) is 2. The fourth-order valence-corrected chi connectivity index (χ4v) is 12.7.